The van der Waals surface area contributed by atoms with Crippen LogP contribution in [-0.2, 0) is 19.5 Å². The number of rotatable bonds is 6. The summed E-state index contributed by atoms with van der Waals surface area (Å²) in [6.07, 6.45) is 2.32. The molecule has 174 valence electrons. The third-order valence-corrected chi connectivity index (χ3v) is 6.42. The molecule has 1 aliphatic heterocycles. The third-order valence-electron chi connectivity index (χ3n) is 6.42. The highest BCUT2D eigenvalue weighted by molar-refractivity contribution is 5.91. The van der Waals surface area contributed by atoms with E-state index < -0.39 is 0 Å². The van der Waals surface area contributed by atoms with Gasteiger partial charge in [0, 0.05) is 32.6 Å². The molecule has 1 aliphatic rings. The van der Waals surface area contributed by atoms with Crippen LogP contribution in [0.1, 0.15) is 46.3 Å². The number of hydrogen-bond acceptors (Lipinski definition) is 5. The number of fused-ring (bicyclic) bond motifs is 1. The van der Waals surface area contributed by atoms with Gasteiger partial charge < -0.3 is 14.3 Å². The second kappa shape index (κ2) is 9.65. The van der Waals surface area contributed by atoms with Crippen LogP contribution in [0, 0.1) is 6.92 Å². The van der Waals surface area contributed by atoms with Gasteiger partial charge in [-0.05, 0) is 54.3 Å². The molecule has 5 rings (SSSR count). The lowest BCUT2D eigenvalue weighted by molar-refractivity contribution is 0.0909. The summed E-state index contributed by atoms with van der Waals surface area (Å²) in [6, 6.07) is 20.4. The molecule has 34 heavy (non-hydrogen) atoms. The molecule has 0 saturated heterocycles. The van der Waals surface area contributed by atoms with Crippen LogP contribution in [0.3, 0.4) is 0 Å². The van der Waals surface area contributed by atoms with Crippen LogP contribution < -0.4 is 5.32 Å². The Bertz CT molecular complexity index is 1280. The predicted octanol–water partition coefficient (Wildman–Crippen LogP) is 4.40. The second-order valence-electron chi connectivity index (χ2n) is 8.84. The van der Waals surface area contributed by atoms with Crippen molar-refractivity contribution < 1.29 is 9.21 Å². The molecule has 0 aliphatic carbocycles. The van der Waals surface area contributed by atoms with Gasteiger partial charge in [0.15, 0.2) is 11.6 Å². The number of furan rings is 1. The normalized spacial score (nSPS) is 14.9. The third kappa shape index (κ3) is 4.65. The highest BCUT2D eigenvalue weighted by Gasteiger charge is 2.23. The Kier molecular flexibility index (Phi) is 6.27. The molecule has 7 nitrogen and oxygen atoms in total. The summed E-state index contributed by atoms with van der Waals surface area (Å²) in [7, 11) is 0. The Hall–Kier alpha value is -3.71. The van der Waals surface area contributed by atoms with Crippen molar-refractivity contribution in [3.8, 4) is 11.1 Å². The van der Waals surface area contributed by atoms with Crippen molar-refractivity contribution in [2.24, 2.45) is 0 Å². The van der Waals surface area contributed by atoms with Crippen LogP contribution in [0.15, 0.2) is 71.3 Å². The summed E-state index contributed by atoms with van der Waals surface area (Å²) in [5, 5.41) is 11.8. The first-order chi connectivity index (χ1) is 16.6. The largest absolute Gasteiger partial charge is 0.459 e. The summed E-state index contributed by atoms with van der Waals surface area (Å²) in [4.78, 5) is 14.8. The number of aromatic nitrogens is 3. The van der Waals surface area contributed by atoms with Crippen LogP contribution in [0.5, 0.6) is 0 Å². The van der Waals surface area contributed by atoms with Crippen molar-refractivity contribution in [3.05, 3.63) is 95.5 Å². The van der Waals surface area contributed by atoms with Crippen molar-refractivity contribution in [1.29, 1.82) is 0 Å². The zero-order chi connectivity index (χ0) is 23.5. The van der Waals surface area contributed by atoms with E-state index in [1.807, 2.05) is 6.92 Å². The Morgan fingerprint density at radius 1 is 1.06 bits per heavy atom. The van der Waals surface area contributed by atoms with Crippen molar-refractivity contribution in [1.82, 2.24) is 25.0 Å². The highest BCUT2D eigenvalue weighted by Crippen LogP contribution is 2.25. The number of amides is 1. The zero-order valence-electron chi connectivity index (χ0n) is 19.6. The van der Waals surface area contributed by atoms with E-state index in [0.29, 0.717) is 5.76 Å². The number of benzene rings is 2. The zero-order valence-corrected chi connectivity index (χ0v) is 19.6. The number of nitrogens with zero attached hydrogens (tertiary/aromatic N) is 4. The standard InChI is InChI=1S/C27H29N5O2/c1-19-7-3-4-10-23(19)22-9-5-8-21(17-22)18-31-13-12-25-29-30-26(32(25)15-14-31)20(2)28-27(33)24-11-6-16-34-24/h3-11,16-17,20H,12-15,18H2,1-2H3,(H,28,33). The minimum Gasteiger partial charge on any atom is -0.459 e. The fourth-order valence-corrected chi connectivity index (χ4v) is 4.60. The maximum absolute atomic E-state index is 12.4. The second-order valence-corrected chi connectivity index (χ2v) is 8.84. The molecule has 0 spiro atoms. The molecule has 0 radical (unpaired) electrons. The first kappa shape index (κ1) is 22.1. The van der Waals surface area contributed by atoms with Gasteiger partial charge in [0.05, 0.1) is 12.3 Å². The molecule has 1 N–H and O–H groups in total. The summed E-state index contributed by atoms with van der Waals surface area (Å²) in [5.74, 6) is 1.78. The van der Waals surface area contributed by atoms with Crippen molar-refractivity contribution in [2.45, 2.75) is 39.4 Å². The minimum absolute atomic E-state index is 0.251. The van der Waals surface area contributed by atoms with E-state index in [9.17, 15) is 4.79 Å². The van der Waals surface area contributed by atoms with Gasteiger partial charge in [0.1, 0.15) is 5.82 Å². The lowest BCUT2D eigenvalue weighted by atomic mass is 9.99. The van der Waals surface area contributed by atoms with E-state index in [0.717, 1.165) is 44.2 Å². The van der Waals surface area contributed by atoms with Crippen LogP contribution in [0.25, 0.3) is 11.1 Å². The van der Waals surface area contributed by atoms with Gasteiger partial charge in [-0.25, -0.2) is 0 Å². The maximum atomic E-state index is 12.4. The Balaban J connectivity index is 1.26. The first-order valence-electron chi connectivity index (χ1n) is 11.7. The smallest absolute Gasteiger partial charge is 0.287 e. The van der Waals surface area contributed by atoms with E-state index in [1.165, 1.54) is 28.5 Å². The summed E-state index contributed by atoms with van der Waals surface area (Å²) in [5.41, 5.74) is 5.12. The average Bonchev–Trinajstić information content (AvgIpc) is 3.48. The molecule has 4 aromatic rings. The van der Waals surface area contributed by atoms with Crippen molar-refractivity contribution in [2.75, 3.05) is 13.1 Å². The molecule has 2 aromatic heterocycles. The Morgan fingerprint density at radius 3 is 2.76 bits per heavy atom. The van der Waals surface area contributed by atoms with Crippen molar-refractivity contribution in [3.63, 3.8) is 0 Å². The Labute approximate surface area is 199 Å². The lowest BCUT2D eigenvalue weighted by Crippen LogP contribution is -2.30. The molecule has 1 amide bonds. The summed E-state index contributed by atoms with van der Waals surface area (Å²) >= 11 is 0. The molecular weight excluding hydrogens is 426 g/mol. The quantitative estimate of drug-likeness (QED) is 0.467. The number of nitrogens with one attached hydrogen (secondary N) is 1. The summed E-state index contributed by atoms with van der Waals surface area (Å²) in [6.45, 7) is 7.57. The number of carbonyl (C=O) groups is 1. The van der Waals surface area contributed by atoms with E-state index >= 15 is 0 Å². The molecule has 1 atom stereocenters. The maximum Gasteiger partial charge on any atom is 0.287 e. The van der Waals surface area contributed by atoms with Crippen LogP contribution in [-0.4, -0.2) is 38.7 Å². The number of carbonyl (C=O) groups excluding carboxylic acids is 1. The van der Waals surface area contributed by atoms with Gasteiger partial charge in [0.2, 0.25) is 0 Å². The van der Waals surface area contributed by atoms with Gasteiger partial charge in [0.25, 0.3) is 5.91 Å². The molecule has 1 unspecified atom stereocenters. The van der Waals surface area contributed by atoms with E-state index in [4.69, 9.17) is 4.42 Å². The van der Waals surface area contributed by atoms with Gasteiger partial charge in [-0.2, -0.15) is 0 Å². The monoisotopic (exact) mass is 455 g/mol. The molecule has 3 heterocycles. The minimum atomic E-state index is -0.267. The number of hydrogen-bond donors (Lipinski definition) is 1. The summed E-state index contributed by atoms with van der Waals surface area (Å²) < 4.78 is 7.35. The topological polar surface area (TPSA) is 76.2 Å². The van der Waals surface area contributed by atoms with E-state index in [-0.39, 0.29) is 11.9 Å². The lowest BCUT2D eigenvalue weighted by Gasteiger charge is -2.20. The van der Waals surface area contributed by atoms with Crippen LogP contribution >= 0.6 is 0 Å². The van der Waals surface area contributed by atoms with Gasteiger partial charge >= 0.3 is 0 Å². The highest BCUT2D eigenvalue weighted by atomic mass is 16.3. The van der Waals surface area contributed by atoms with Crippen molar-refractivity contribution >= 4 is 5.91 Å². The fraction of sp³-hybridized carbons (Fsp3) is 0.296. The first-order valence-corrected chi connectivity index (χ1v) is 11.7. The molecule has 0 bridgehead atoms. The molecule has 0 saturated carbocycles. The average molecular weight is 456 g/mol. The van der Waals surface area contributed by atoms with Crippen LogP contribution in [0.4, 0.5) is 0 Å². The predicted molar refractivity (Wildman–Crippen MR) is 130 cm³/mol. The molecule has 0 fully saturated rings. The molecule has 2 aromatic carbocycles. The van der Waals surface area contributed by atoms with Gasteiger partial charge in [-0.1, -0.05) is 42.5 Å². The van der Waals surface area contributed by atoms with Gasteiger partial charge in [-0.3, -0.25) is 9.69 Å². The van der Waals surface area contributed by atoms with E-state index in [1.54, 1.807) is 12.1 Å². The fourth-order valence-electron chi connectivity index (χ4n) is 4.60. The van der Waals surface area contributed by atoms with Crippen LogP contribution in [0.2, 0.25) is 0 Å². The number of aryl methyl sites for hydroxylation is 1. The van der Waals surface area contributed by atoms with E-state index in [2.05, 4.69) is 80.4 Å². The SMILES string of the molecule is Cc1ccccc1-c1cccc(CN2CCc3nnc(C(C)NC(=O)c4ccco4)n3CC2)c1. The van der Waals surface area contributed by atoms with Gasteiger partial charge in [-0.15, -0.1) is 10.2 Å². The molecule has 7 heteroatoms. The molecular formula is C27H29N5O2. The Morgan fingerprint density at radius 2 is 1.94 bits per heavy atom.